The number of halogens is 2. The Labute approximate surface area is 200 Å². The molecule has 8 nitrogen and oxygen atoms in total. The molecule has 0 bridgehead atoms. The van der Waals surface area contributed by atoms with Gasteiger partial charge in [-0.1, -0.05) is 41.4 Å². The van der Waals surface area contributed by atoms with Crippen molar-refractivity contribution in [3.8, 4) is 11.1 Å². The Hall–Kier alpha value is -3.18. The van der Waals surface area contributed by atoms with Crippen LogP contribution in [0.2, 0.25) is 9.36 Å². The summed E-state index contributed by atoms with van der Waals surface area (Å²) in [5.74, 6) is 0. The number of benzene rings is 2. The SMILES string of the molecule is O=C(Nc1ccc(-c2cc(=O)[nH]c3ccccc3c2=O)c(Cl)c1)NS(=O)(=O)c1ccc(Cl)s1. The van der Waals surface area contributed by atoms with Gasteiger partial charge in [0.2, 0.25) is 5.56 Å². The third-order valence-electron chi connectivity index (χ3n) is 4.51. The van der Waals surface area contributed by atoms with Gasteiger partial charge in [0, 0.05) is 28.3 Å². The summed E-state index contributed by atoms with van der Waals surface area (Å²) in [6, 6.07) is 13.6. The normalized spacial score (nSPS) is 11.3. The number of H-pyrrole nitrogens is 1. The van der Waals surface area contributed by atoms with Crippen LogP contribution >= 0.6 is 34.5 Å². The predicted molar refractivity (Wildman–Crippen MR) is 130 cm³/mol. The summed E-state index contributed by atoms with van der Waals surface area (Å²) in [4.78, 5) is 40.1. The summed E-state index contributed by atoms with van der Waals surface area (Å²) in [5, 5.41) is 2.76. The second kappa shape index (κ2) is 8.99. The van der Waals surface area contributed by atoms with Crippen LogP contribution in [0.4, 0.5) is 10.5 Å². The Morgan fingerprint density at radius 2 is 1.70 bits per heavy atom. The van der Waals surface area contributed by atoms with Crippen LogP contribution < -0.4 is 21.0 Å². The molecule has 2 heterocycles. The van der Waals surface area contributed by atoms with Gasteiger partial charge < -0.3 is 10.3 Å². The van der Waals surface area contributed by atoms with E-state index in [1.165, 1.54) is 30.3 Å². The van der Waals surface area contributed by atoms with Crippen molar-refractivity contribution in [2.75, 3.05) is 5.32 Å². The van der Waals surface area contributed by atoms with Crippen molar-refractivity contribution in [1.29, 1.82) is 0 Å². The van der Waals surface area contributed by atoms with E-state index in [-0.39, 0.29) is 30.4 Å². The predicted octanol–water partition coefficient (Wildman–Crippen LogP) is 4.43. The van der Waals surface area contributed by atoms with Crippen LogP contribution in [0.25, 0.3) is 22.0 Å². The Kier molecular flexibility index (Phi) is 6.26. The molecule has 0 fully saturated rings. The van der Waals surface area contributed by atoms with Gasteiger partial charge in [-0.05, 0) is 36.4 Å². The van der Waals surface area contributed by atoms with Gasteiger partial charge in [-0.2, -0.15) is 0 Å². The number of urea groups is 1. The molecule has 3 N–H and O–H groups in total. The fraction of sp³-hybridized carbons (Fsp3) is 0. The summed E-state index contributed by atoms with van der Waals surface area (Å²) in [7, 11) is -4.10. The van der Waals surface area contributed by atoms with E-state index >= 15 is 0 Å². The summed E-state index contributed by atoms with van der Waals surface area (Å²) >= 11 is 12.9. The van der Waals surface area contributed by atoms with E-state index in [9.17, 15) is 22.8 Å². The van der Waals surface area contributed by atoms with Gasteiger partial charge >= 0.3 is 6.03 Å². The van der Waals surface area contributed by atoms with Crippen molar-refractivity contribution in [2.24, 2.45) is 0 Å². The molecule has 4 aromatic rings. The third kappa shape index (κ3) is 4.93. The average Bonchev–Trinajstić information content (AvgIpc) is 3.14. The first-order valence-corrected chi connectivity index (χ1v) is 12.2. The number of rotatable bonds is 4. The number of thiophene rings is 1. The van der Waals surface area contributed by atoms with Gasteiger partial charge in [0.15, 0.2) is 5.43 Å². The zero-order chi connectivity index (χ0) is 23.8. The molecule has 0 aliphatic heterocycles. The van der Waals surface area contributed by atoms with Gasteiger partial charge in [0.1, 0.15) is 4.21 Å². The van der Waals surface area contributed by atoms with Crippen LogP contribution in [-0.2, 0) is 10.0 Å². The van der Waals surface area contributed by atoms with Crippen LogP contribution in [0.3, 0.4) is 0 Å². The number of amides is 2. The number of hydrogen-bond donors (Lipinski definition) is 3. The maximum atomic E-state index is 13.0. The minimum Gasteiger partial charge on any atom is -0.322 e. The van der Waals surface area contributed by atoms with E-state index < -0.39 is 27.0 Å². The molecule has 2 aromatic heterocycles. The van der Waals surface area contributed by atoms with Gasteiger partial charge in [-0.3, -0.25) is 9.59 Å². The maximum absolute atomic E-state index is 13.0. The van der Waals surface area contributed by atoms with Crippen molar-refractivity contribution in [1.82, 2.24) is 9.71 Å². The molecule has 12 heteroatoms. The Morgan fingerprint density at radius 1 is 0.939 bits per heavy atom. The van der Waals surface area contributed by atoms with Gasteiger partial charge in [0.25, 0.3) is 10.0 Å². The molecule has 2 amide bonds. The van der Waals surface area contributed by atoms with Crippen LogP contribution in [-0.4, -0.2) is 19.4 Å². The first kappa shape index (κ1) is 23.0. The minimum absolute atomic E-state index is 0.0764. The minimum atomic E-state index is -4.10. The first-order chi connectivity index (χ1) is 15.6. The molecule has 0 radical (unpaired) electrons. The van der Waals surface area contributed by atoms with E-state index in [2.05, 4.69) is 10.3 Å². The number of carbonyl (C=O) groups is 1. The van der Waals surface area contributed by atoms with E-state index in [1.54, 1.807) is 24.3 Å². The van der Waals surface area contributed by atoms with Crippen LogP contribution in [0.15, 0.2) is 74.5 Å². The Balaban J connectivity index is 1.63. The lowest BCUT2D eigenvalue weighted by atomic mass is 10.0. The standard InChI is InChI=1S/C21H13Cl2N3O5S2/c22-15-9-11(24-21(29)26-33(30,31)19-8-7-17(23)32-19)5-6-12(15)14-10-18(27)25-16-4-2-1-3-13(16)20(14)28/h1-10H,(H,25,27)(H2,24,26,29). The second-order valence-corrected chi connectivity index (χ2v) is 10.8. The van der Waals surface area contributed by atoms with E-state index in [1.807, 2.05) is 4.72 Å². The highest BCUT2D eigenvalue weighted by Crippen LogP contribution is 2.29. The third-order valence-corrected chi connectivity index (χ3v) is 7.87. The number of carbonyl (C=O) groups excluding carboxylic acids is 1. The smallest absolute Gasteiger partial charge is 0.322 e. The second-order valence-electron chi connectivity index (χ2n) is 6.73. The van der Waals surface area contributed by atoms with E-state index in [4.69, 9.17) is 23.2 Å². The fourth-order valence-electron chi connectivity index (χ4n) is 3.08. The molecule has 0 atom stereocenters. The molecule has 0 saturated heterocycles. The number of sulfonamides is 1. The van der Waals surface area contributed by atoms with E-state index in [0.717, 1.165) is 17.4 Å². The molecule has 2 aromatic carbocycles. The highest BCUT2D eigenvalue weighted by atomic mass is 35.5. The summed E-state index contributed by atoms with van der Waals surface area (Å²) in [6.45, 7) is 0. The lowest BCUT2D eigenvalue weighted by Crippen LogP contribution is -2.33. The van der Waals surface area contributed by atoms with Gasteiger partial charge in [-0.25, -0.2) is 17.9 Å². The zero-order valence-corrected chi connectivity index (χ0v) is 19.5. The number of anilines is 1. The number of para-hydroxylation sites is 1. The molecule has 0 saturated carbocycles. The number of nitrogens with one attached hydrogen (secondary N) is 3. The topological polar surface area (TPSA) is 125 Å². The van der Waals surface area contributed by atoms with Crippen LogP contribution in [0.5, 0.6) is 0 Å². The molecule has 33 heavy (non-hydrogen) atoms. The lowest BCUT2D eigenvalue weighted by Gasteiger charge is -2.09. The number of aromatic amines is 1. The summed E-state index contributed by atoms with van der Waals surface area (Å²) < 4.78 is 26.5. The van der Waals surface area contributed by atoms with Crippen molar-refractivity contribution in [2.45, 2.75) is 4.21 Å². The van der Waals surface area contributed by atoms with Crippen molar-refractivity contribution in [3.05, 3.63) is 90.6 Å². The molecule has 168 valence electrons. The fourth-order valence-corrected chi connectivity index (χ4v) is 5.76. The highest BCUT2D eigenvalue weighted by Gasteiger charge is 2.20. The highest BCUT2D eigenvalue weighted by molar-refractivity contribution is 7.92. The maximum Gasteiger partial charge on any atom is 0.333 e. The lowest BCUT2D eigenvalue weighted by molar-refractivity contribution is 0.256. The van der Waals surface area contributed by atoms with E-state index in [0.29, 0.717) is 10.9 Å². The molecule has 4 rings (SSSR count). The Bertz CT molecular complexity index is 1630. The monoisotopic (exact) mass is 521 g/mol. The molecule has 0 aliphatic rings. The number of fused-ring (bicyclic) bond motifs is 1. The van der Waals surface area contributed by atoms with Gasteiger partial charge in [-0.15, -0.1) is 11.3 Å². The summed E-state index contributed by atoms with van der Waals surface area (Å²) in [5.41, 5.74) is 0.0334. The molecular formula is C21H13Cl2N3O5S2. The molecular weight excluding hydrogens is 509 g/mol. The molecule has 0 unspecified atom stereocenters. The molecule has 0 spiro atoms. The van der Waals surface area contributed by atoms with Crippen LogP contribution in [0, 0.1) is 0 Å². The van der Waals surface area contributed by atoms with Crippen molar-refractivity contribution < 1.29 is 13.2 Å². The zero-order valence-electron chi connectivity index (χ0n) is 16.4. The average molecular weight is 522 g/mol. The number of aromatic nitrogens is 1. The molecule has 0 aliphatic carbocycles. The quantitative estimate of drug-likeness (QED) is 0.366. The van der Waals surface area contributed by atoms with Crippen molar-refractivity contribution >= 4 is 67.2 Å². The Morgan fingerprint density at radius 3 is 2.39 bits per heavy atom. The largest absolute Gasteiger partial charge is 0.333 e. The van der Waals surface area contributed by atoms with Crippen LogP contribution in [0.1, 0.15) is 0 Å². The number of hydrogen-bond acceptors (Lipinski definition) is 6. The summed E-state index contributed by atoms with van der Waals surface area (Å²) in [6.07, 6.45) is 0. The van der Waals surface area contributed by atoms with Crippen molar-refractivity contribution in [3.63, 3.8) is 0 Å². The van der Waals surface area contributed by atoms with Gasteiger partial charge in [0.05, 0.1) is 14.9 Å². The first-order valence-electron chi connectivity index (χ1n) is 9.19.